The van der Waals surface area contributed by atoms with Crippen molar-refractivity contribution in [2.45, 2.75) is 44.1 Å². The summed E-state index contributed by atoms with van der Waals surface area (Å²) in [5.74, 6) is 0. The molecule has 1 aliphatic rings. The van der Waals surface area contributed by atoms with Gasteiger partial charge in [-0.15, -0.1) is 0 Å². The SMILES string of the molecule is NC1(COCCc2ccc([N+](=O)[O-])cc2)CCCCC1. The molecule has 0 aliphatic heterocycles. The lowest BCUT2D eigenvalue weighted by Gasteiger charge is -2.33. The van der Waals surface area contributed by atoms with Crippen LogP contribution in [-0.4, -0.2) is 23.7 Å². The minimum absolute atomic E-state index is 0.123. The lowest BCUT2D eigenvalue weighted by atomic mass is 9.83. The topological polar surface area (TPSA) is 78.4 Å². The van der Waals surface area contributed by atoms with Gasteiger partial charge in [0.1, 0.15) is 0 Å². The molecule has 1 aliphatic carbocycles. The van der Waals surface area contributed by atoms with Crippen molar-refractivity contribution in [1.82, 2.24) is 0 Å². The van der Waals surface area contributed by atoms with Gasteiger partial charge in [0, 0.05) is 17.7 Å². The summed E-state index contributed by atoms with van der Waals surface area (Å²) in [4.78, 5) is 10.2. The van der Waals surface area contributed by atoms with Crippen LogP contribution in [0.1, 0.15) is 37.7 Å². The Hall–Kier alpha value is -1.46. The molecule has 2 N–H and O–H groups in total. The number of rotatable bonds is 6. The molecule has 1 fully saturated rings. The summed E-state index contributed by atoms with van der Waals surface area (Å²) in [6, 6.07) is 6.61. The number of nitrogens with zero attached hydrogens (tertiary/aromatic N) is 1. The van der Waals surface area contributed by atoms with Crippen LogP contribution in [0, 0.1) is 10.1 Å². The summed E-state index contributed by atoms with van der Waals surface area (Å²) in [5, 5.41) is 10.6. The minimum atomic E-state index is -0.387. The summed E-state index contributed by atoms with van der Waals surface area (Å²) < 4.78 is 5.70. The van der Waals surface area contributed by atoms with E-state index in [2.05, 4.69) is 0 Å². The van der Waals surface area contributed by atoms with Gasteiger partial charge in [0.05, 0.1) is 18.1 Å². The number of nitro groups is 1. The highest BCUT2D eigenvalue weighted by atomic mass is 16.6. The molecule has 0 amide bonds. The average molecular weight is 278 g/mol. The molecule has 0 radical (unpaired) electrons. The molecule has 0 atom stereocenters. The van der Waals surface area contributed by atoms with Crippen molar-refractivity contribution in [2.24, 2.45) is 5.73 Å². The van der Waals surface area contributed by atoms with E-state index in [1.807, 2.05) is 0 Å². The van der Waals surface area contributed by atoms with E-state index in [0.717, 1.165) is 24.8 Å². The highest BCUT2D eigenvalue weighted by Gasteiger charge is 2.27. The first kappa shape index (κ1) is 14.9. The minimum Gasteiger partial charge on any atom is -0.379 e. The number of hydrogen-bond acceptors (Lipinski definition) is 4. The van der Waals surface area contributed by atoms with Crippen LogP contribution in [0.2, 0.25) is 0 Å². The number of nitrogens with two attached hydrogens (primary N) is 1. The highest BCUT2D eigenvalue weighted by molar-refractivity contribution is 5.32. The number of benzene rings is 1. The van der Waals surface area contributed by atoms with Crippen LogP contribution in [0.15, 0.2) is 24.3 Å². The van der Waals surface area contributed by atoms with Crippen LogP contribution in [0.3, 0.4) is 0 Å². The number of hydrogen-bond donors (Lipinski definition) is 1. The molecule has 1 saturated carbocycles. The van der Waals surface area contributed by atoms with Gasteiger partial charge in [0.25, 0.3) is 5.69 Å². The van der Waals surface area contributed by atoms with Gasteiger partial charge in [-0.3, -0.25) is 10.1 Å². The molecule has 110 valence electrons. The smallest absolute Gasteiger partial charge is 0.269 e. The van der Waals surface area contributed by atoms with Gasteiger partial charge in [-0.25, -0.2) is 0 Å². The van der Waals surface area contributed by atoms with Crippen LogP contribution in [0.4, 0.5) is 5.69 Å². The monoisotopic (exact) mass is 278 g/mol. The van der Waals surface area contributed by atoms with Crippen molar-refractivity contribution >= 4 is 5.69 Å². The van der Waals surface area contributed by atoms with Crippen LogP contribution in [0.5, 0.6) is 0 Å². The normalized spacial score (nSPS) is 17.9. The predicted molar refractivity (Wildman–Crippen MR) is 77.6 cm³/mol. The summed E-state index contributed by atoms with van der Waals surface area (Å²) in [7, 11) is 0. The maximum absolute atomic E-state index is 10.6. The van der Waals surface area contributed by atoms with Crippen LogP contribution >= 0.6 is 0 Å². The zero-order chi connectivity index (χ0) is 14.4. The van der Waals surface area contributed by atoms with E-state index in [1.165, 1.54) is 31.4 Å². The molecule has 1 aromatic carbocycles. The first-order valence-corrected chi connectivity index (χ1v) is 7.19. The molecule has 0 heterocycles. The Morgan fingerprint density at radius 3 is 2.45 bits per heavy atom. The molecule has 0 saturated heterocycles. The zero-order valence-electron chi connectivity index (χ0n) is 11.7. The van der Waals surface area contributed by atoms with Gasteiger partial charge in [-0.05, 0) is 24.8 Å². The number of nitro benzene ring substituents is 1. The second kappa shape index (κ2) is 6.81. The zero-order valence-corrected chi connectivity index (χ0v) is 11.7. The first-order valence-electron chi connectivity index (χ1n) is 7.19. The molecule has 0 spiro atoms. The van der Waals surface area contributed by atoms with Crippen molar-refractivity contribution in [3.8, 4) is 0 Å². The van der Waals surface area contributed by atoms with Gasteiger partial charge in [0.15, 0.2) is 0 Å². The molecular weight excluding hydrogens is 256 g/mol. The Morgan fingerprint density at radius 1 is 1.20 bits per heavy atom. The van der Waals surface area contributed by atoms with E-state index < -0.39 is 0 Å². The molecule has 0 aromatic heterocycles. The standard InChI is InChI=1S/C15H22N2O3/c16-15(9-2-1-3-10-15)12-20-11-8-13-4-6-14(7-5-13)17(18)19/h4-7H,1-3,8-12,16H2. The summed E-state index contributed by atoms with van der Waals surface area (Å²) in [5.41, 5.74) is 7.32. The predicted octanol–water partition coefficient (Wildman–Crippen LogP) is 2.82. The van der Waals surface area contributed by atoms with E-state index in [1.54, 1.807) is 12.1 Å². The molecule has 0 unspecified atom stereocenters. The lowest BCUT2D eigenvalue weighted by molar-refractivity contribution is -0.384. The fourth-order valence-electron chi connectivity index (χ4n) is 2.65. The van der Waals surface area contributed by atoms with E-state index in [0.29, 0.717) is 13.2 Å². The van der Waals surface area contributed by atoms with Crippen molar-refractivity contribution in [2.75, 3.05) is 13.2 Å². The molecule has 5 nitrogen and oxygen atoms in total. The van der Waals surface area contributed by atoms with Gasteiger partial charge < -0.3 is 10.5 Å². The fourth-order valence-corrected chi connectivity index (χ4v) is 2.65. The Bertz CT molecular complexity index is 439. The van der Waals surface area contributed by atoms with E-state index in [-0.39, 0.29) is 16.1 Å². The van der Waals surface area contributed by atoms with Crippen molar-refractivity contribution < 1.29 is 9.66 Å². The summed E-state index contributed by atoms with van der Waals surface area (Å²) >= 11 is 0. The lowest BCUT2D eigenvalue weighted by Crippen LogP contribution is -2.46. The molecule has 1 aromatic rings. The van der Waals surface area contributed by atoms with Gasteiger partial charge in [-0.1, -0.05) is 31.4 Å². The Balaban J connectivity index is 1.71. The van der Waals surface area contributed by atoms with Crippen molar-refractivity contribution in [3.05, 3.63) is 39.9 Å². The molecule has 20 heavy (non-hydrogen) atoms. The van der Waals surface area contributed by atoms with E-state index in [9.17, 15) is 10.1 Å². The van der Waals surface area contributed by atoms with E-state index >= 15 is 0 Å². The Labute approximate surface area is 119 Å². The van der Waals surface area contributed by atoms with Crippen LogP contribution in [0.25, 0.3) is 0 Å². The largest absolute Gasteiger partial charge is 0.379 e. The molecule has 0 bridgehead atoms. The second-order valence-electron chi connectivity index (χ2n) is 5.65. The second-order valence-corrected chi connectivity index (χ2v) is 5.65. The maximum atomic E-state index is 10.6. The average Bonchev–Trinajstić information content (AvgIpc) is 2.45. The summed E-state index contributed by atoms with van der Waals surface area (Å²) in [6.07, 6.45) is 6.52. The maximum Gasteiger partial charge on any atom is 0.269 e. The quantitative estimate of drug-likeness (QED) is 0.493. The number of ether oxygens (including phenoxy) is 1. The third-order valence-electron chi connectivity index (χ3n) is 3.92. The van der Waals surface area contributed by atoms with Crippen LogP contribution < -0.4 is 5.73 Å². The van der Waals surface area contributed by atoms with Crippen molar-refractivity contribution in [1.29, 1.82) is 0 Å². The highest BCUT2D eigenvalue weighted by Crippen LogP contribution is 2.26. The molecule has 2 rings (SSSR count). The van der Waals surface area contributed by atoms with Gasteiger partial charge in [0.2, 0.25) is 0 Å². The van der Waals surface area contributed by atoms with Crippen molar-refractivity contribution in [3.63, 3.8) is 0 Å². The third-order valence-corrected chi connectivity index (χ3v) is 3.92. The first-order chi connectivity index (χ1) is 9.59. The van der Waals surface area contributed by atoms with Gasteiger partial charge >= 0.3 is 0 Å². The molecule has 5 heteroatoms. The van der Waals surface area contributed by atoms with Gasteiger partial charge in [-0.2, -0.15) is 0 Å². The Kier molecular flexibility index (Phi) is 5.09. The Morgan fingerprint density at radius 2 is 1.85 bits per heavy atom. The summed E-state index contributed by atoms with van der Waals surface area (Å²) in [6.45, 7) is 1.22. The number of non-ortho nitro benzene ring substituents is 1. The third kappa shape index (κ3) is 4.28. The molecular formula is C15H22N2O3. The van der Waals surface area contributed by atoms with E-state index in [4.69, 9.17) is 10.5 Å². The fraction of sp³-hybridized carbons (Fsp3) is 0.600. The van der Waals surface area contributed by atoms with Crippen LogP contribution in [-0.2, 0) is 11.2 Å².